The standard InChI is InChI=1S/C25H30F6N4O3S/c1-23(2,38)19(34(3)4)21(36)32-20-18(39-22(37)33-20)11-14-7-9-35(10-8-14)13-15-5-6-16(24(26,27)28)12-17(15)25(29,30)31/h5-6,11-12,14,19,38H,7-10,13H2,1-4H3,(H,32,33,36,37)/b18-11-/t19-/m1/s1. The molecule has 1 saturated heterocycles. The number of halogens is 6. The van der Waals surface area contributed by atoms with Crippen LogP contribution in [0.4, 0.5) is 31.1 Å². The number of nitrogens with zero attached hydrogens (tertiary/aromatic N) is 3. The maximum atomic E-state index is 13.5. The molecule has 0 aromatic heterocycles. The Bertz CT molecular complexity index is 1150. The summed E-state index contributed by atoms with van der Waals surface area (Å²) < 4.78 is 79.4. The van der Waals surface area contributed by atoms with E-state index in [0.717, 1.165) is 17.8 Å². The maximum absolute atomic E-state index is 13.5. The molecule has 2 N–H and O–H groups in total. The number of aliphatic hydroxyl groups is 1. The zero-order valence-electron chi connectivity index (χ0n) is 21.8. The molecule has 7 nitrogen and oxygen atoms in total. The fraction of sp³-hybridized carbons (Fsp3) is 0.560. The lowest BCUT2D eigenvalue weighted by Crippen LogP contribution is -2.56. The fourth-order valence-corrected chi connectivity index (χ4v) is 5.55. The summed E-state index contributed by atoms with van der Waals surface area (Å²) in [7, 11) is 3.26. The van der Waals surface area contributed by atoms with Crippen LogP contribution in [0.1, 0.15) is 43.4 Å². The summed E-state index contributed by atoms with van der Waals surface area (Å²) in [6.07, 6.45) is -6.98. The number of aliphatic imine (C=N–C) groups is 1. The summed E-state index contributed by atoms with van der Waals surface area (Å²) >= 11 is 0.845. The topological polar surface area (TPSA) is 85.2 Å². The van der Waals surface area contributed by atoms with Crippen LogP contribution in [0.5, 0.6) is 0 Å². The van der Waals surface area contributed by atoms with Crippen molar-refractivity contribution in [1.29, 1.82) is 0 Å². The van der Waals surface area contributed by atoms with Crippen LogP contribution in [0.25, 0.3) is 0 Å². The number of carbonyl (C=O) groups is 2. The summed E-state index contributed by atoms with van der Waals surface area (Å²) in [5, 5.41) is 12.5. The average Bonchev–Trinajstić information content (AvgIpc) is 3.10. The number of rotatable bonds is 6. The van der Waals surface area contributed by atoms with E-state index in [9.17, 15) is 41.0 Å². The number of thioether (sulfide) groups is 1. The first-order valence-corrected chi connectivity index (χ1v) is 12.9. The highest BCUT2D eigenvalue weighted by Crippen LogP contribution is 2.38. The van der Waals surface area contributed by atoms with Gasteiger partial charge in [0.25, 0.3) is 0 Å². The van der Waals surface area contributed by atoms with E-state index in [-0.39, 0.29) is 29.9 Å². The third-order valence-electron chi connectivity index (χ3n) is 6.47. The zero-order valence-corrected chi connectivity index (χ0v) is 22.6. The third-order valence-corrected chi connectivity index (χ3v) is 7.28. The van der Waals surface area contributed by atoms with E-state index in [1.807, 2.05) is 0 Å². The van der Waals surface area contributed by atoms with Gasteiger partial charge in [-0.2, -0.15) is 31.3 Å². The van der Waals surface area contributed by atoms with Crippen LogP contribution in [0, 0.1) is 5.92 Å². The lowest BCUT2D eigenvalue weighted by Gasteiger charge is -2.33. The third kappa shape index (κ3) is 8.05. The molecule has 216 valence electrons. The number of benzene rings is 1. The Morgan fingerprint density at radius 2 is 1.79 bits per heavy atom. The van der Waals surface area contributed by atoms with Crippen LogP contribution in [-0.2, 0) is 23.7 Å². The molecule has 1 aromatic carbocycles. The van der Waals surface area contributed by atoms with Gasteiger partial charge in [0.15, 0.2) is 5.84 Å². The molecular weight excluding hydrogens is 550 g/mol. The number of allylic oxidation sites excluding steroid dienone is 1. The van der Waals surface area contributed by atoms with Gasteiger partial charge in [0.05, 0.1) is 21.6 Å². The van der Waals surface area contributed by atoms with Crippen molar-refractivity contribution in [2.75, 3.05) is 27.2 Å². The Morgan fingerprint density at radius 3 is 2.31 bits per heavy atom. The van der Waals surface area contributed by atoms with E-state index in [0.29, 0.717) is 36.9 Å². The Hall–Kier alpha value is -2.42. The first-order valence-electron chi connectivity index (χ1n) is 12.1. The van der Waals surface area contributed by atoms with Gasteiger partial charge in [-0.25, -0.2) is 0 Å². The average molecular weight is 581 g/mol. The van der Waals surface area contributed by atoms with E-state index >= 15 is 0 Å². The molecule has 0 saturated carbocycles. The summed E-state index contributed by atoms with van der Waals surface area (Å²) in [6, 6.07) is 0.761. The molecule has 0 unspecified atom stereocenters. The quantitative estimate of drug-likeness (QED) is 0.466. The normalized spacial score (nSPS) is 20.1. The van der Waals surface area contributed by atoms with Crippen LogP contribution in [0.3, 0.4) is 0 Å². The summed E-state index contributed by atoms with van der Waals surface area (Å²) in [4.78, 5) is 32.4. The monoisotopic (exact) mass is 580 g/mol. The lowest BCUT2D eigenvalue weighted by atomic mass is 9.95. The molecule has 2 heterocycles. The fourth-order valence-electron chi connectivity index (χ4n) is 4.77. The SMILES string of the molecule is CN(C)[C@H](C(=O)NC1=NC(=O)S/C1=C\C1CCN(Cc2ccc(C(F)(F)F)cc2C(F)(F)F)CC1)C(C)(C)O. The van der Waals surface area contributed by atoms with Crippen molar-refractivity contribution in [1.82, 2.24) is 15.1 Å². The van der Waals surface area contributed by atoms with Crippen molar-refractivity contribution < 1.29 is 41.0 Å². The summed E-state index contributed by atoms with van der Waals surface area (Å²) in [5.74, 6) is -0.530. The molecule has 2 aliphatic heterocycles. The molecule has 2 aliphatic rings. The predicted molar refractivity (Wildman–Crippen MR) is 135 cm³/mol. The second-order valence-corrected chi connectivity index (χ2v) is 11.3. The number of carbonyl (C=O) groups excluding carboxylic acids is 2. The Labute approximate surface area is 226 Å². The summed E-state index contributed by atoms with van der Waals surface area (Å²) in [5.41, 5.74) is -4.26. The number of alkyl halides is 6. The van der Waals surface area contributed by atoms with Gasteiger partial charge in [-0.1, -0.05) is 12.1 Å². The Kier molecular flexibility index (Phi) is 9.25. The molecule has 0 aliphatic carbocycles. The molecule has 0 bridgehead atoms. The van der Waals surface area contributed by atoms with Crippen LogP contribution in [-0.4, -0.2) is 70.7 Å². The number of hydrogen-bond donors (Lipinski definition) is 2. The first kappa shape index (κ1) is 31.1. The zero-order chi connectivity index (χ0) is 29.3. The molecule has 39 heavy (non-hydrogen) atoms. The van der Waals surface area contributed by atoms with Crippen molar-refractivity contribution >= 4 is 28.7 Å². The van der Waals surface area contributed by atoms with Crippen molar-refractivity contribution in [3.05, 3.63) is 45.9 Å². The number of likely N-dealkylation sites (tertiary alicyclic amines) is 1. The molecule has 14 heteroatoms. The van der Waals surface area contributed by atoms with Crippen LogP contribution < -0.4 is 5.32 Å². The first-order chi connectivity index (χ1) is 17.9. The van der Waals surface area contributed by atoms with Gasteiger partial charge in [0, 0.05) is 6.54 Å². The molecule has 0 spiro atoms. The highest BCUT2D eigenvalue weighted by molar-refractivity contribution is 8.18. The second-order valence-electron chi connectivity index (χ2n) is 10.3. The van der Waals surface area contributed by atoms with Crippen molar-refractivity contribution in [3.8, 4) is 0 Å². The van der Waals surface area contributed by atoms with Crippen LogP contribution in [0.2, 0.25) is 0 Å². The van der Waals surface area contributed by atoms with E-state index in [1.54, 1.807) is 30.0 Å². The van der Waals surface area contributed by atoms with Crippen LogP contribution in [0.15, 0.2) is 34.2 Å². The van der Waals surface area contributed by atoms with Crippen LogP contribution >= 0.6 is 11.8 Å². The van der Waals surface area contributed by atoms with Gasteiger partial charge in [-0.3, -0.25) is 19.4 Å². The number of hydrogen-bond acceptors (Lipinski definition) is 6. The Morgan fingerprint density at radius 1 is 1.18 bits per heavy atom. The minimum atomic E-state index is -4.93. The lowest BCUT2D eigenvalue weighted by molar-refractivity contribution is -0.143. The molecule has 1 fully saturated rings. The number of piperidine rings is 1. The van der Waals surface area contributed by atoms with Gasteiger partial charge in [-0.15, -0.1) is 0 Å². The molecular formula is C25H30F6N4O3S. The smallest absolute Gasteiger partial charge is 0.388 e. The van der Waals surface area contributed by atoms with E-state index in [2.05, 4.69) is 10.3 Å². The summed E-state index contributed by atoms with van der Waals surface area (Å²) in [6.45, 7) is 3.58. The highest BCUT2D eigenvalue weighted by atomic mass is 32.2. The number of likely N-dealkylation sites (N-methyl/N-ethyl adjacent to an activating group) is 1. The maximum Gasteiger partial charge on any atom is 0.416 e. The molecule has 0 radical (unpaired) electrons. The minimum Gasteiger partial charge on any atom is -0.388 e. The van der Waals surface area contributed by atoms with Gasteiger partial charge < -0.3 is 10.4 Å². The largest absolute Gasteiger partial charge is 0.416 e. The Balaban J connectivity index is 1.67. The van der Waals surface area contributed by atoms with Gasteiger partial charge in [0.1, 0.15) is 6.04 Å². The number of amidine groups is 1. The number of nitrogens with one attached hydrogen (secondary N) is 1. The van der Waals surface area contributed by atoms with Gasteiger partial charge in [-0.05, 0) is 89.2 Å². The molecule has 3 rings (SSSR count). The van der Waals surface area contributed by atoms with Gasteiger partial charge in [0.2, 0.25) is 5.91 Å². The highest BCUT2D eigenvalue weighted by Gasteiger charge is 2.39. The predicted octanol–water partition coefficient (Wildman–Crippen LogP) is 4.90. The number of amides is 2. The van der Waals surface area contributed by atoms with Crippen molar-refractivity contribution in [2.45, 2.75) is 57.2 Å². The van der Waals surface area contributed by atoms with Crippen molar-refractivity contribution in [2.24, 2.45) is 10.9 Å². The van der Waals surface area contributed by atoms with Gasteiger partial charge >= 0.3 is 17.6 Å². The van der Waals surface area contributed by atoms with E-state index in [4.69, 9.17) is 0 Å². The molecule has 2 amide bonds. The van der Waals surface area contributed by atoms with E-state index < -0.39 is 46.3 Å². The van der Waals surface area contributed by atoms with E-state index in [1.165, 1.54) is 13.8 Å². The molecule has 1 aromatic rings. The van der Waals surface area contributed by atoms with Crippen molar-refractivity contribution in [3.63, 3.8) is 0 Å². The molecule has 1 atom stereocenters. The second kappa shape index (κ2) is 11.6. The minimum absolute atomic E-state index is 0.0645.